The quantitative estimate of drug-likeness (QED) is 0.510. The van der Waals surface area contributed by atoms with E-state index < -0.39 is 6.04 Å². The highest BCUT2D eigenvalue weighted by Crippen LogP contribution is 2.28. The largest absolute Gasteiger partial charge is 0.368 e. The number of amides is 1. The summed E-state index contributed by atoms with van der Waals surface area (Å²) in [6.07, 6.45) is 3.67. The fourth-order valence-electron chi connectivity index (χ4n) is 3.74. The molecule has 3 N–H and O–H groups in total. The first-order valence-corrected chi connectivity index (χ1v) is 10.2. The molecule has 31 heavy (non-hydrogen) atoms. The zero-order valence-corrected chi connectivity index (χ0v) is 17.2. The van der Waals surface area contributed by atoms with Crippen molar-refractivity contribution in [2.45, 2.75) is 12.5 Å². The van der Waals surface area contributed by atoms with Crippen LogP contribution in [0.4, 0.5) is 11.6 Å². The smallest absolute Gasteiger partial charge is 0.249 e. The van der Waals surface area contributed by atoms with Crippen molar-refractivity contribution in [2.24, 2.45) is 4.99 Å². The SMILES string of the molecule is Nc1ncc(C2=NC(Cc3ccc4ccccc4c3)C(=O)Nc3ccc(Cl)cc32)cn1. The van der Waals surface area contributed by atoms with Crippen LogP contribution in [0.3, 0.4) is 0 Å². The van der Waals surface area contributed by atoms with Gasteiger partial charge in [-0.15, -0.1) is 0 Å². The average molecular weight is 428 g/mol. The molecule has 2 heterocycles. The van der Waals surface area contributed by atoms with E-state index in [1.807, 2.05) is 18.2 Å². The summed E-state index contributed by atoms with van der Waals surface area (Å²) in [5.74, 6) is -0.00528. The van der Waals surface area contributed by atoms with Crippen molar-refractivity contribution < 1.29 is 4.79 Å². The molecule has 0 spiro atoms. The number of nitrogen functional groups attached to an aromatic ring is 1. The highest BCUT2D eigenvalue weighted by Gasteiger charge is 2.26. The third kappa shape index (κ3) is 3.85. The predicted octanol–water partition coefficient (Wildman–Crippen LogP) is 4.27. The number of aliphatic imine (C=N–C) groups is 1. The number of rotatable bonds is 3. The second-order valence-corrected chi connectivity index (χ2v) is 7.82. The molecule has 1 atom stereocenters. The molecule has 4 aromatic rings. The van der Waals surface area contributed by atoms with Crippen molar-refractivity contribution in [3.8, 4) is 0 Å². The van der Waals surface area contributed by atoms with Crippen molar-refractivity contribution >= 4 is 45.6 Å². The minimum atomic E-state index is -0.625. The molecule has 1 amide bonds. The lowest BCUT2D eigenvalue weighted by molar-refractivity contribution is -0.117. The number of benzodiazepines with no additional fused rings is 1. The Labute approximate surface area is 183 Å². The normalized spacial score (nSPS) is 15.7. The van der Waals surface area contributed by atoms with E-state index in [1.165, 1.54) is 0 Å². The van der Waals surface area contributed by atoms with Crippen molar-refractivity contribution in [3.63, 3.8) is 0 Å². The van der Waals surface area contributed by atoms with Gasteiger partial charge in [0.05, 0.1) is 11.4 Å². The van der Waals surface area contributed by atoms with E-state index in [9.17, 15) is 4.79 Å². The van der Waals surface area contributed by atoms with Crippen molar-refractivity contribution in [2.75, 3.05) is 11.1 Å². The summed E-state index contributed by atoms with van der Waals surface area (Å²) in [4.78, 5) is 26.1. The zero-order chi connectivity index (χ0) is 21.4. The van der Waals surface area contributed by atoms with Crippen LogP contribution in [0.5, 0.6) is 0 Å². The third-order valence-electron chi connectivity index (χ3n) is 5.27. The molecule has 0 bridgehead atoms. The van der Waals surface area contributed by atoms with Gasteiger partial charge in [0.1, 0.15) is 6.04 Å². The predicted molar refractivity (Wildman–Crippen MR) is 124 cm³/mol. The fraction of sp³-hybridized carbons (Fsp3) is 0.0833. The number of nitrogens with two attached hydrogens (primary N) is 1. The van der Waals surface area contributed by atoms with Gasteiger partial charge in [-0.05, 0) is 34.5 Å². The van der Waals surface area contributed by atoms with Gasteiger partial charge in [0.15, 0.2) is 0 Å². The topological polar surface area (TPSA) is 93.3 Å². The summed E-state index contributed by atoms with van der Waals surface area (Å²) < 4.78 is 0. The number of carbonyl (C=O) groups excluding carboxylic acids is 1. The minimum absolute atomic E-state index is 0.172. The third-order valence-corrected chi connectivity index (χ3v) is 5.51. The summed E-state index contributed by atoms with van der Waals surface area (Å²) >= 11 is 6.25. The monoisotopic (exact) mass is 427 g/mol. The van der Waals surface area contributed by atoms with Crippen LogP contribution in [0, 0.1) is 0 Å². The molecule has 5 rings (SSSR count). The fourth-order valence-corrected chi connectivity index (χ4v) is 3.91. The Bertz CT molecular complexity index is 1330. The second kappa shape index (κ2) is 7.81. The van der Waals surface area contributed by atoms with Gasteiger partial charge in [0.25, 0.3) is 0 Å². The number of fused-ring (bicyclic) bond motifs is 2. The average Bonchev–Trinajstić information content (AvgIpc) is 2.91. The van der Waals surface area contributed by atoms with Gasteiger partial charge in [-0.25, -0.2) is 9.97 Å². The molecule has 152 valence electrons. The number of benzene rings is 3. The van der Waals surface area contributed by atoms with Gasteiger partial charge >= 0.3 is 0 Å². The molecule has 0 aliphatic carbocycles. The number of hydrogen-bond donors (Lipinski definition) is 2. The summed E-state index contributed by atoms with van der Waals surface area (Å²) in [6, 6.07) is 19.0. The molecule has 1 unspecified atom stereocenters. The number of nitrogens with one attached hydrogen (secondary N) is 1. The molecule has 7 heteroatoms. The Balaban J connectivity index is 1.59. The maximum Gasteiger partial charge on any atom is 0.249 e. The summed E-state index contributed by atoms with van der Waals surface area (Å²) in [7, 11) is 0. The van der Waals surface area contributed by atoms with E-state index in [1.54, 1.807) is 30.6 Å². The molecule has 1 aliphatic rings. The molecule has 0 fully saturated rings. The molecular weight excluding hydrogens is 410 g/mol. The lowest BCUT2D eigenvalue weighted by atomic mass is 10.0. The van der Waals surface area contributed by atoms with Gasteiger partial charge in [-0.2, -0.15) is 0 Å². The van der Waals surface area contributed by atoms with Crippen LogP contribution in [-0.2, 0) is 11.2 Å². The van der Waals surface area contributed by atoms with Gasteiger partial charge in [-0.1, -0.05) is 54.1 Å². The minimum Gasteiger partial charge on any atom is -0.368 e. The van der Waals surface area contributed by atoms with E-state index in [4.69, 9.17) is 22.3 Å². The summed E-state index contributed by atoms with van der Waals surface area (Å²) in [5, 5.41) is 5.82. The van der Waals surface area contributed by atoms with Crippen LogP contribution in [-0.4, -0.2) is 27.6 Å². The van der Waals surface area contributed by atoms with Crippen LogP contribution >= 0.6 is 11.6 Å². The molecule has 3 aromatic carbocycles. The maximum atomic E-state index is 13.1. The molecule has 0 radical (unpaired) electrons. The van der Waals surface area contributed by atoms with Crippen LogP contribution in [0.15, 0.2) is 78.0 Å². The highest BCUT2D eigenvalue weighted by atomic mass is 35.5. The van der Waals surface area contributed by atoms with E-state index >= 15 is 0 Å². The van der Waals surface area contributed by atoms with Gasteiger partial charge in [0.2, 0.25) is 11.9 Å². The number of halogens is 1. The van der Waals surface area contributed by atoms with Crippen LogP contribution < -0.4 is 11.1 Å². The first-order chi connectivity index (χ1) is 15.1. The van der Waals surface area contributed by atoms with E-state index in [2.05, 4.69) is 39.6 Å². The standard InChI is InChI=1S/C24H18ClN5O/c25-18-7-8-20-19(11-18)22(17-12-27-24(26)28-13-17)29-21(23(31)30-20)10-14-5-6-15-3-1-2-4-16(15)9-14/h1-9,11-13,21H,10H2,(H,30,31)(H2,26,27,28). The van der Waals surface area contributed by atoms with Crippen molar-refractivity contribution in [3.05, 3.63) is 94.8 Å². The van der Waals surface area contributed by atoms with Gasteiger partial charge < -0.3 is 11.1 Å². The van der Waals surface area contributed by atoms with Crippen molar-refractivity contribution in [1.29, 1.82) is 0 Å². The van der Waals surface area contributed by atoms with Gasteiger partial charge in [-0.3, -0.25) is 9.79 Å². The Morgan fingerprint density at radius 1 is 0.968 bits per heavy atom. The van der Waals surface area contributed by atoms with E-state index in [0.717, 1.165) is 21.9 Å². The molecule has 0 saturated carbocycles. The highest BCUT2D eigenvalue weighted by molar-refractivity contribution is 6.32. The van der Waals surface area contributed by atoms with E-state index in [0.29, 0.717) is 28.4 Å². The number of hydrogen-bond acceptors (Lipinski definition) is 5. The molecule has 6 nitrogen and oxygen atoms in total. The summed E-state index contributed by atoms with van der Waals surface area (Å²) in [5.41, 5.74) is 9.31. The number of carbonyl (C=O) groups is 1. The molecule has 1 aromatic heterocycles. The van der Waals surface area contributed by atoms with Crippen LogP contribution in [0.25, 0.3) is 10.8 Å². The Morgan fingerprint density at radius 3 is 2.55 bits per heavy atom. The Morgan fingerprint density at radius 2 is 1.74 bits per heavy atom. The number of anilines is 2. The second-order valence-electron chi connectivity index (χ2n) is 7.39. The van der Waals surface area contributed by atoms with Gasteiger partial charge in [0, 0.05) is 35.0 Å². The molecule has 1 aliphatic heterocycles. The number of nitrogens with zero attached hydrogens (tertiary/aromatic N) is 3. The van der Waals surface area contributed by atoms with Crippen LogP contribution in [0.1, 0.15) is 16.7 Å². The Kier molecular flexibility index (Phi) is 4.84. The summed E-state index contributed by atoms with van der Waals surface area (Å²) in [6.45, 7) is 0. The lowest BCUT2D eigenvalue weighted by Gasteiger charge is -2.12. The number of aromatic nitrogens is 2. The zero-order valence-electron chi connectivity index (χ0n) is 16.4. The first kappa shape index (κ1) is 19.2. The molecular formula is C24H18ClN5O. The Hall–Kier alpha value is -3.77. The van der Waals surface area contributed by atoms with E-state index in [-0.39, 0.29) is 11.9 Å². The maximum absolute atomic E-state index is 13.1. The van der Waals surface area contributed by atoms with Crippen molar-refractivity contribution in [1.82, 2.24) is 9.97 Å². The van der Waals surface area contributed by atoms with Crippen LogP contribution in [0.2, 0.25) is 5.02 Å². The molecule has 0 saturated heterocycles. The lowest BCUT2D eigenvalue weighted by Crippen LogP contribution is -2.27. The first-order valence-electron chi connectivity index (χ1n) is 9.81.